The number of nitrogens with two attached hydrogens (primary N) is 1. The molecule has 0 aromatic carbocycles. The van der Waals surface area contributed by atoms with Crippen LogP contribution >= 0.6 is 0 Å². The van der Waals surface area contributed by atoms with E-state index in [1.165, 1.54) is 0 Å². The molecule has 0 aliphatic heterocycles. The number of aliphatic carboxylic acids is 1. The minimum Gasteiger partial charge on any atom is -0.480 e. The molecule has 6 heteroatoms. The van der Waals surface area contributed by atoms with Gasteiger partial charge >= 0.3 is 12.1 Å². The Morgan fingerprint density at radius 1 is 1.30 bits per heavy atom. The van der Waals surface area contributed by atoms with E-state index in [1.807, 2.05) is 20.8 Å². The molecule has 4 N–H and O–H groups in total. The lowest BCUT2D eigenvalue weighted by molar-refractivity contribution is -0.139. The third kappa shape index (κ3) is 6.23. The summed E-state index contributed by atoms with van der Waals surface area (Å²) in [6.07, 6.45) is 3.59. The zero-order valence-corrected chi connectivity index (χ0v) is 12.5. The fraction of sp³-hybridized carbons (Fsp3) is 0.857. The van der Waals surface area contributed by atoms with Crippen LogP contribution in [0.1, 0.15) is 52.9 Å². The SMILES string of the molecule is CC(C)(C)OC(=O)NC1CCC(CC(N)C(=O)O)CC1. The number of rotatable bonds is 4. The van der Waals surface area contributed by atoms with Gasteiger partial charge in [-0.1, -0.05) is 0 Å². The minimum absolute atomic E-state index is 0.113. The molecule has 1 saturated carbocycles. The summed E-state index contributed by atoms with van der Waals surface area (Å²) in [4.78, 5) is 22.4. The second kappa shape index (κ2) is 6.92. The van der Waals surface area contributed by atoms with Gasteiger partial charge in [0.05, 0.1) is 0 Å². The van der Waals surface area contributed by atoms with Crippen LogP contribution in [-0.2, 0) is 9.53 Å². The predicted molar refractivity (Wildman–Crippen MR) is 75.3 cm³/mol. The van der Waals surface area contributed by atoms with Crippen molar-refractivity contribution in [2.45, 2.75) is 70.6 Å². The number of hydrogen-bond donors (Lipinski definition) is 3. The highest BCUT2D eigenvalue weighted by molar-refractivity contribution is 5.73. The van der Waals surface area contributed by atoms with Crippen molar-refractivity contribution in [3.63, 3.8) is 0 Å². The molecule has 1 fully saturated rings. The van der Waals surface area contributed by atoms with E-state index in [0.717, 1.165) is 25.7 Å². The highest BCUT2D eigenvalue weighted by atomic mass is 16.6. The van der Waals surface area contributed by atoms with Crippen LogP contribution in [0.4, 0.5) is 4.79 Å². The van der Waals surface area contributed by atoms with Crippen molar-refractivity contribution < 1.29 is 19.4 Å². The van der Waals surface area contributed by atoms with Crippen LogP contribution in [0.3, 0.4) is 0 Å². The lowest BCUT2D eigenvalue weighted by atomic mass is 9.82. The number of hydrogen-bond acceptors (Lipinski definition) is 4. The number of carbonyl (C=O) groups is 2. The van der Waals surface area contributed by atoms with Crippen LogP contribution in [-0.4, -0.2) is 34.9 Å². The van der Waals surface area contributed by atoms with Crippen LogP contribution in [0.5, 0.6) is 0 Å². The van der Waals surface area contributed by atoms with Gasteiger partial charge in [-0.3, -0.25) is 4.79 Å². The molecule has 0 saturated heterocycles. The molecule has 1 aliphatic carbocycles. The molecule has 1 atom stereocenters. The lowest BCUT2D eigenvalue weighted by Gasteiger charge is -2.30. The Labute approximate surface area is 120 Å². The molecule has 6 nitrogen and oxygen atoms in total. The summed E-state index contributed by atoms with van der Waals surface area (Å²) in [5, 5.41) is 11.7. The van der Waals surface area contributed by atoms with Gasteiger partial charge in [0, 0.05) is 6.04 Å². The van der Waals surface area contributed by atoms with E-state index in [1.54, 1.807) is 0 Å². The second-order valence-electron chi connectivity index (χ2n) is 6.54. The molecule has 1 amide bonds. The Bertz CT molecular complexity index is 344. The Balaban J connectivity index is 2.29. The van der Waals surface area contributed by atoms with Crippen molar-refractivity contribution >= 4 is 12.1 Å². The van der Waals surface area contributed by atoms with Crippen molar-refractivity contribution in [1.29, 1.82) is 0 Å². The highest BCUT2D eigenvalue weighted by Gasteiger charge is 2.27. The molecule has 116 valence electrons. The second-order valence-corrected chi connectivity index (χ2v) is 6.54. The van der Waals surface area contributed by atoms with Crippen molar-refractivity contribution in [3.05, 3.63) is 0 Å². The van der Waals surface area contributed by atoms with Crippen molar-refractivity contribution in [2.24, 2.45) is 11.7 Å². The van der Waals surface area contributed by atoms with Crippen molar-refractivity contribution in [2.75, 3.05) is 0 Å². The summed E-state index contributed by atoms with van der Waals surface area (Å²) in [5.74, 6) is -0.614. The topological polar surface area (TPSA) is 102 Å². The average molecular weight is 286 g/mol. The molecular formula is C14H26N2O4. The first-order valence-electron chi connectivity index (χ1n) is 7.15. The highest BCUT2D eigenvalue weighted by Crippen LogP contribution is 2.27. The third-order valence-electron chi connectivity index (χ3n) is 3.47. The van der Waals surface area contributed by atoms with E-state index in [9.17, 15) is 9.59 Å². The van der Waals surface area contributed by atoms with Crippen LogP contribution in [0.25, 0.3) is 0 Å². The van der Waals surface area contributed by atoms with Crippen molar-refractivity contribution in [3.8, 4) is 0 Å². The van der Waals surface area contributed by atoms with Crippen LogP contribution in [0.15, 0.2) is 0 Å². The molecule has 1 rings (SSSR count). The summed E-state index contributed by atoms with van der Waals surface area (Å²) < 4.78 is 5.22. The van der Waals surface area contributed by atoms with E-state index in [4.69, 9.17) is 15.6 Å². The summed E-state index contributed by atoms with van der Waals surface area (Å²) in [6, 6.07) is -0.669. The fourth-order valence-electron chi connectivity index (χ4n) is 2.48. The van der Waals surface area contributed by atoms with Gasteiger partial charge in [-0.2, -0.15) is 0 Å². The molecular weight excluding hydrogens is 260 g/mol. The zero-order valence-electron chi connectivity index (χ0n) is 12.5. The van der Waals surface area contributed by atoms with E-state index in [-0.39, 0.29) is 12.1 Å². The average Bonchev–Trinajstić information content (AvgIpc) is 2.28. The monoisotopic (exact) mass is 286 g/mol. The standard InChI is InChI=1S/C14H26N2O4/c1-14(2,3)20-13(19)16-10-6-4-9(5-7-10)8-11(15)12(17)18/h9-11H,4-8,15H2,1-3H3,(H,16,19)(H,17,18). The summed E-state index contributed by atoms with van der Waals surface area (Å²) in [7, 11) is 0. The quantitative estimate of drug-likeness (QED) is 0.732. The lowest BCUT2D eigenvalue weighted by Crippen LogP contribution is -2.41. The number of nitrogens with one attached hydrogen (secondary N) is 1. The van der Waals surface area contributed by atoms with Gasteiger partial charge in [-0.15, -0.1) is 0 Å². The summed E-state index contributed by atoms with van der Waals surface area (Å²) in [6.45, 7) is 5.49. The van der Waals surface area contributed by atoms with E-state index in [0.29, 0.717) is 12.3 Å². The van der Waals surface area contributed by atoms with Gasteiger partial charge < -0.3 is 20.9 Å². The molecule has 0 heterocycles. The van der Waals surface area contributed by atoms with Gasteiger partial charge in [-0.05, 0) is 58.8 Å². The maximum atomic E-state index is 11.6. The third-order valence-corrected chi connectivity index (χ3v) is 3.47. The maximum Gasteiger partial charge on any atom is 0.407 e. The van der Waals surface area contributed by atoms with Crippen LogP contribution in [0.2, 0.25) is 0 Å². The van der Waals surface area contributed by atoms with Gasteiger partial charge in [-0.25, -0.2) is 4.79 Å². The number of carboxylic acid groups (broad SMARTS) is 1. The Morgan fingerprint density at radius 3 is 2.30 bits per heavy atom. The van der Waals surface area contributed by atoms with E-state index < -0.39 is 17.6 Å². The minimum atomic E-state index is -0.945. The van der Waals surface area contributed by atoms with Gasteiger partial charge in [0.1, 0.15) is 11.6 Å². The number of ether oxygens (including phenoxy) is 1. The summed E-state index contributed by atoms with van der Waals surface area (Å²) in [5.41, 5.74) is 5.05. The number of alkyl carbamates (subject to hydrolysis) is 1. The van der Waals surface area contributed by atoms with E-state index >= 15 is 0 Å². The molecule has 0 aromatic heterocycles. The van der Waals surface area contributed by atoms with Gasteiger partial charge in [0.25, 0.3) is 0 Å². The summed E-state index contributed by atoms with van der Waals surface area (Å²) >= 11 is 0. The molecule has 20 heavy (non-hydrogen) atoms. The van der Waals surface area contributed by atoms with Gasteiger partial charge in [0.2, 0.25) is 0 Å². The smallest absolute Gasteiger partial charge is 0.407 e. The molecule has 0 bridgehead atoms. The first kappa shape index (κ1) is 16.8. The first-order valence-corrected chi connectivity index (χ1v) is 7.15. The molecule has 0 spiro atoms. The Morgan fingerprint density at radius 2 is 1.85 bits per heavy atom. The van der Waals surface area contributed by atoms with Gasteiger partial charge in [0.15, 0.2) is 0 Å². The zero-order chi connectivity index (χ0) is 15.3. The van der Waals surface area contributed by atoms with Crippen molar-refractivity contribution in [1.82, 2.24) is 5.32 Å². The molecule has 0 radical (unpaired) electrons. The molecule has 1 unspecified atom stereocenters. The number of carbonyl (C=O) groups excluding carboxylic acids is 1. The molecule has 0 aromatic rings. The normalized spacial score (nSPS) is 24.8. The van der Waals surface area contributed by atoms with Crippen LogP contribution in [0, 0.1) is 5.92 Å². The first-order chi connectivity index (χ1) is 9.17. The predicted octanol–water partition coefficient (Wildman–Crippen LogP) is 1.87. The van der Waals surface area contributed by atoms with Crippen LogP contribution < -0.4 is 11.1 Å². The largest absolute Gasteiger partial charge is 0.480 e. The Kier molecular flexibility index (Phi) is 5.80. The van der Waals surface area contributed by atoms with E-state index in [2.05, 4.69) is 5.32 Å². The molecule has 1 aliphatic rings. The fourth-order valence-corrected chi connectivity index (χ4v) is 2.48. The number of amides is 1. The number of carboxylic acids is 1. The maximum absolute atomic E-state index is 11.6. The Hall–Kier alpha value is -1.30.